The molecule has 1 atom stereocenters. The number of hydrogen-bond donors (Lipinski definition) is 1. The first-order valence-corrected chi connectivity index (χ1v) is 3.67. The molecular weight excluding hydrogens is 142 g/mol. The molecule has 11 heavy (non-hydrogen) atoms. The van der Waals surface area contributed by atoms with E-state index in [4.69, 9.17) is 4.42 Å². The third kappa shape index (κ3) is 1.02. The number of fused-ring (bicyclic) bond motifs is 1. The van der Waals surface area contributed by atoms with Crippen LogP contribution in [0.5, 0.6) is 0 Å². The fraction of sp³-hybridized carbons (Fsp3) is 0.375. The Morgan fingerprint density at radius 3 is 3.36 bits per heavy atom. The number of aromatic amines is 1. The van der Waals surface area contributed by atoms with Crippen molar-refractivity contribution >= 4 is 12.2 Å². The highest BCUT2D eigenvalue weighted by atomic mass is 16.4. The molecule has 0 saturated carbocycles. The average Bonchev–Trinajstić information content (AvgIpc) is 2.27. The molecule has 0 aliphatic heterocycles. The van der Waals surface area contributed by atoms with Crippen LogP contribution in [0.3, 0.4) is 0 Å². The number of H-pyrrole nitrogens is 1. The van der Waals surface area contributed by atoms with Crippen LogP contribution in [0.25, 0.3) is 12.2 Å². The van der Waals surface area contributed by atoms with Gasteiger partial charge in [-0.1, -0.05) is 13.0 Å². The topological polar surface area (TPSA) is 46.0 Å². The number of aromatic nitrogens is 1. The Bertz CT molecular complexity index is 424. The molecule has 3 heteroatoms. The van der Waals surface area contributed by atoms with E-state index < -0.39 is 0 Å². The first-order chi connectivity index (χ1) is 5.25. The van der Waals surface area contributed by atoms with E-state index in [0.29, 0.717) is 11.3 Å². The number of nitrogens with one attached hydrogen (secondary N) is 1. The van der Waals surface area contributed by atoms with Gasteiger partial charge in [0.2, 0.25) is 0 Å². The van der Waals surface area contributed by atoms with Crippen molar-refractivity contribution in [3.8, 4) is 0 Å². The van der Waals surface area contributed by atoms with Crippen LogP contribution in [0.15, 0.2) is 9.21 Å². The zero-order chi connectivity index (χ0) is 7.84. The molecule has 0 saturated heterocycles. The summed E-state index contributed by atoms with van der Waals surface area (Å²) in [6.45, 7) is 2.09. The van der Waals surface area contributed by atoms with E-state index in [1.807, 2.05) is 12.2 Å². The molecule has 1 aromatic heterocycles. The van der Waals surface area contributed by atoms with Gasteiger partial charge in [0, 0.05) is 0 Å². The third-order valence-corrected chi connectivity index (χ3v) is 1.83. The smallest absolute Gasteiger partial charge is 0.408 e. The summed E-state index contributed by atoms with van der Waals surface area (Å²) in [5.41, 5.74) is 0.689. The molecule has 1 N–H and O–H groups in total. The number of hydrogen-bond acceptors (Lipinski definition) is 2. The SMILES string of the molecule is CC1C=c2oc(=O)[nH]c2=CC1. The molecule has 0 amide bonds. The minimum Gasteiger partial charge on any atom is -0.408 e. The van der Waals surface area contributed by atoms with Gasteiger partial charge in [-0.2, -0.15) is 0 Å². The Morgan fingerprint density at radius 1 is 1.73 bits per heavy atom. The van der Waals surface area contributed by atoms with Gasteiger partial charge in [0.25, 0.3) is 0 Å². The van der Waals surface area contributed by atoms with E-state index in [1.165, 1.54) is 0 Å². The summed E-state index contributed by atoms with van der Waals surface area (Å²) in [7, 11) is 0. The monoisotopic (exact) mass is 151 g/mol. The molecule has 1 aliphatic rings. The van der Waals surface area contributed by atoms with E-state index in [0.717, 1.165) is 11.8 Å². The van der Waals surface area contributed by atoms with Crippen molar-refractivity contribution in [1.82, 2.24) is 4.98 Å². The van der Waals surface area contributed by atoms with Crippen molar-refractivity contribution in [1.29, 1.82) is 0 Å². The summed E-state index contributed by atoms with van der Waals surface area (Å²) >= 11 is 0. The van der Waals surface area contributed by atoms with Crippen LogP contribution >= 0.6 is 0 Å². The zero-order valence-electron chi connectivity index (χ0n) is 6.26. The highest BCUT2D eigenvalue weighted by molar-refractivity contribution is 5.34. The first-order valence-electron chi connectivity index (χ1n) is 3.67. The molecule has 0 aromatic carbocycles. The van der Waals surface area contributed by atoms with Gasteiger partial charge in [0.1, 0.15) is 0 Å². The quantitative estimate of drug-likeness (QED) is 0.546. The number of oxazole rings is 1. The minimum absolute atomic E-state index is 0.364. The molecule has 0 fully saturated rings. The lowest BCUT2D eigenvalue weighted by Crippen LogP contribution is -2.26. The Kier molecular flexibility index (Phi) is 1.24. The maximum Gasteiger partial charge on any atom is 0.417 e. The van der Waals surface area contributed by atoms with Gasteiger partial charge in [-0.3, -0.25) is 4.98 Å². The van der Waals surface area contributed by atoms with Crippen molar-refractivity contribution in [2.75, 3.05) is 0 Å². The van der Waals surface area contributed by atoms with Crippen LogP contribution < -0.4 is 16.5 Å². The highest BCUT2D eigenvalue weighted by Crippen LogP contribution is 2.04. The lowest BCUT2D eigenvalue weighted by Gasteiger charge is -2.01. The Morgan fingerprint density at radius 2 is 2.55 bits per heavy atom. The molecule has 1 aromatic rings. The van der Waals surface area contributed by atoms with Crippen LogP contribution in [0.2, 0.25) is 0 Å². The van der Waals surface area contributed by atoms with E-state index in [2.05, 4.69) is 11.9 Å². The Hall–Kier alpha value is -1.25. The van der Waals surface area contributed by atoms with Crippen LogP contribution in [-0.4, -0.2) is 4.98 Å². The van der Waals surface area contributed by atoms with E-state index >= 15 is 0 Å². The Labute approximate surface area is 63.0 Å². The zero-order valence-corrected chi connectivity index (χ0v) is 6.26. The lowest BCUT2D eigenvalue weighted by atomic mass is 10.0. The molecule has 1 heterocycles. The normalized spacial score (nSPS) is 21.7. The second-order valence-corrected chi connectivity index (χ2v) is 2.88. The van der Waals surface area contributed by atoms with E-state index in [1.54, 1.807) is 0 Å². The molecule has 1 aliphatic carbocycles. The van der Waals surface area contributed by atoms with Crippen molar-refractivity contribution in [2.45, 2.75) is 13.3 Å². The Balaban J connectivity index is 2.82. The molecule has 1 unspecified atom stereocenters. The van der Waals surface area contributed by atoms with Crippen molar-refractivity contribution in [3.63, 3.8) is 0 Å². The number of rotatable bonds is 0. The van der Waals surface area contributed by atoms with Gasteiger partial charge in [-0.25, -0.2) is 4.79 Å². The fourth-order valence-corrected chi connectivity index (χ4v) is 1.26. The van der Waals surface area contributed by atoms with Gasteiger partial charge in [0.05, 0.1) is 5.35 Å². The van der Waals surface area contributed by atoms with Gasteiger partial charge in [-0.05, 0) is 18.4 Å². The summed E-state index contributed by atoms with van der Waals surface area (Å²) in [6, 6.07) is 0. The maximum absolute atomic E-state index is 10.7. The summed E-state index contributed by atoms with van der Waals surface area (Å²) in [6.07, 6.45) is 4.93. The third-order valence-electron chi connectivity index (χ3n) is 1.83. The van der Waals surface area contributed by atoms with Crippen molar-refractivity contribution < 1.29 is 4.42 Å². The van der Waals surface area contributed by atoms with Crippen LogP contribution in [0.4, 0.5) is 0 Å². The largest absolute Gasteiger partial charge is 0.417 e. The van der Waals surface area contributed by atoms with E-state index in [9.17, 15) is 4.79 Å². The predicted molar refractivity (Wildman–Crippen MR) is 41.3 cm³/mol. The maximum atomic E-state index is 10.7. The standard InChI is InChI=1S/C8H9NO2/c1-5-2-3-6-7(4-5)11-8(10)9-6/h3-5H,2H2,1H3,(H,9,10). The lowest BCUT2D eigenvalue weighted by molar-refractivity contribution is 0.481. The molecule has 58 valence electrons. The van der Waals surface area contributed by atoms with Crippen molar-refractivity contribution in [2.24, 2.45) is 5.92 Å². The van der Waals surface area contributed by atoms with Crippen LogP contribution in [0.1, 0.15) is 13.3 Å². The van der Waals surface area contributed by atoms with Gasteiger partial charge in [0.15, 0.2) is 5.42 Å². The minimum atomic E-state index is -0.364. The van der Waals surface area contributed by atoms with Gasteiger partial charge >= 0.3 is 5.76 Å². The summed E-state index contributed by atoms with van der Waals surface area (Å²) in [5, 5.41) is 0.827. The summed E-state index contributed by atoms with van der Waals surface area (Å²) in [4.78, 5) is 13.3. The molecule has 2 rings (SSSR count). The van der Waals surface area contributed by atoms with Gasteiger partial charge < -0.3 is 4.42 Å². The second kappa shape index (κ2) is 2.12. The van der Waals surface area contributed by atoms with Crippen LogP contribution in [-0.2, 0) is 0 Å². The molecule has 0 radical (unpaired) electrons. The van der Waals surface area contributed by atoms with Crippen molar-refractivity contribution in [3.05, 3.63) is 21.3 Å². The van der Waals surface area contributed by atoms with E-state index in [-0.39, 0.29) is 5.76 Å². The summed E-state index contributed by atoms with van der Waals surface area (Å²) < 4.78 is 4.88. The summed E-state index contributed by atoms with van der Waals surface area (Å²) in [5.74, 6) is 0.109. The van der Waals surface area contributed by atoms with Gasteiger partial charge in [-0.15, -0.1) is 0 Å². The highest BCUT2D eigenvalue weighted by Gasteiger charge is 2.04. The molecular formula is C8H9NO2. The fourth-order valence-electron chi connectivity index (χ4n) is 1.26. The molecule has 3 nitrogen and oxygen atoms in total. The predicted octanol–water partition coefficient (Wildman–Crippen LogP) is -0.431. The first kappa shape index (κ1) is 6.46. The van der Waals surface area contributed by atoms with Crippen LogP contribution in [0, 0.1) is 5.92 Å². The molecule has 0 spiro atoms. The average molecular weight is 151 g/mol. The second-order valence-electron chi connectivity index (χ2n) is 2.88. The molecule has 0 bridgehead atoms.